The van der Waals surface area contributed by atoms with Crippen molar-refractivity contribution in [3.8, 4) is 5.75 Å². The Morgan fingerprint density at radius 2 is 1.82 bits per heavy atom. The van der Waals surface area contributed by atoms with E-state index >= 15 is 0 Å². The Morgan fingerprint density at radius 3 is 2.52 bits per heavy atom. The maximum atomic E-state index is 13.3. The lowest BCUT2D eigenvalue weighted by atomic mass is 9.88. The van der Waals surface area contributed by atoms with E-state index in [1.165, 1.54) is 16.2 Å². The van der Waals surface area contributed by atoms with Crippen LogP contribution in [0.15, 0.2) is 72.1 Å². The van der Waals surface area contributed by atoms with E-state index in [0.717, 1.165) is 5.56 Å². The van der Waals surface area contributed by atoms with Crippen LogP contribution in [0.3, 0.4) is 0 Å². The minimum Gasteiger partial charge on any atom is -0.489 e. The summed E-state index contributed by atoms with van der Waals surface area (Å²) in [5.74, 6) is -2.00. The van der Waals surface area contributed by atoms with Crippen molar-refractivity contribution in [3.63, 3.8) is 0 Å². The maximum absolute atomic E-state index is 13.3. The molecule has 2 heterocycles. The van der Waals surface area contributed by atoms with Crippen molar-refractivity contribution in [2.24, 2.45) is 5.92 Å². The molecule has 1 saturated heterocycles. The van der Waals surface area contributed by atoms with Gasteiger partial charge < -0.3 is 14.5 Å². The first kappa shape index (κ1) is 22.9. The fourth-order valence-corrected chi connectivity index (χ4v) is 4.71. The smallest absolute Gasteiger partial charge is 0.291 e. The van der Waals surface area contributed by atoms with Gasteiger partial charge in [-0.1, -0.05) is 48.5 Å². The van der Waals surface area contributed by atoms with Crippen LogP contribution in [0.1, 0.15) is 26.8 Å². The number of benzene rings is 2. The van der Waals surface area contributed by atoms with Gasteiger partial charge in [-0.2, -0.15) is 0 Å². The molecule has 170 valence electrons. The Morgan fingerprint density at radius 1 is 1.03 bits per heavy atom. The molecule has 1 aliphatic rings. The minimum atomic E-state index is -1.07. The van der Waals surface area contributed by atoms with Crippen LogP contribution >= 0.6 is 11.3 Å². The Balaban J connectivity index is 1.66. The average Bonchev–Trinajstić information content (AvgIpc) is 3.44. The second-order valence-corrected chi connectivity index (χ2v) is 9.22. The fraction of sp³-hybridized carbons (Fsp3) is 0.269. The van der Waals surface area contributed by atoms with Gasteiger partial charge in [0.05, 0.1) is 10.9 Å². The monoisotopic (exact) mass is 462 g/mol. The summed E-state index contributed by atoms with van der Waals surface area (Å²) in [6.07, 6.45) is 0. The number of hydrogen-bond donors (Lipinski definition) is 0. The number of carbonyl (C=O) groups excluding carboxylic acids is 3. The number of amides is 1. The van der Waals surface area contributed by atoms with Gasteiger partial charge in [-0.3, -0.25) is 14.4 Å². The van der Waals surface area contributed by atoms with Gasteiger partial charge in [-0.25, -0.2) is 0 Å². The first-order valence-corrected chi connectivity index (χ1v) is 11.7. The van der Waals surface area contributed by atoms with E-state index in [1.807, 2.05) is 73.6 Å². The number of rotatable bonds is 9. The zero-order valence-electron chi connectivity index (χ0n) is 18.6. The molecular weight excluding hydrogens is 436 g/mol. The standard InChI is InChI=1S/C26H26N2O4S/c1-27(2)13-14-28-23(22(25(30)26(28)31)24(29)21-12-7-15-33-21)19-10-6-11-20(16-19)32-17-18-8-4-3-5-9-18/h3-12,15-16,22-23H,13-14,17H2,1-2H3. The summed E-state index contributed by atoms with van der Waals surface area (Å²) >= 11 is 1.28. The Labute approximate surface area is 197 Å². The zero-order valence-corrected chi connectivity index (χ0v) is 19.5. The van der Waals surface area contributed by atoms with Crippen LogP contribution in [0.25, 0.3) is 0 Å². The fourth-order valence-electron chi connectivity index (χ4n) is 4.01. The topological polar surface area (TPSA) is 66.9 Å². The molecule has 2 unspecified atom stereocenters. The summed E-state index contributed by atoms with van der Waals surface area (Å²) in [6.45, 7) is 1.33. The third-order valence-corrected chi connectivity index (χ3v) is 6.57. The second-order valence-electron chi connectivity index (χ2n) is 8.28. The largest absolute Gasteiger partial charge is 0.489 e. The van der Waals surface area contributed by atoms with Crippen molar-refractivity contribution in [3.05, 3.63) is 88.1 Å². The van der Waals surface area contributed by atoms with E-state index in [0.29, 0.717) is 35.9 Å². The molecular formula is C26H26N2O4S. The molecule has 0 bridgehead atoms. The highest BCUT2D eigenvalue weighted by Gasteiger charge is 2.51. The van der Waals surface area contributed by atoms with Gasteiger partial charge in [0, 0.05) is 13.1 Å². The molecule has 33 heavy (non-hydrogen) atoms. The SMILES string of the molecule is CN(C)CCN1C(=O)C(=O)C(C(=O)c2cccs2)C1c1cccc(OCc2ccccc2)c1. The molecule has 0 N–H and O–H groups in total. The van der Waals surface area contributed by atoms with E-state index in [-0.39, 0.29) is 5.78 Å². The number of likely N-dealkylation sites (tertiary alicyclic amines) is 1. The van der Waals surface area contributed by atoms with E-state index in [1.54, 1.807) is 17.5 Å². The van der Waals surface area contributed by atoms with E-state index in [2.05, 4.69) is 0 Å². The summed E-state index contributed by atoms with van der Waals surface area (Å²) in [6, 6.07) is 20.0. The molecule has 0 aliphatic carbocycles. The molecule has 1 aromatic heterocycles. The third kappa shape index (κ3) is 5.05. The predicted octanol–water partition coefficient (Wildman–Crippen LogP) is 3.84. The van der Waals surface area contributed by atoms with Gasteiger partial charge in [-0.15, -0.1) is 11.3 Å². The van der Waals surface area contributed by atoms with Gasteiger partial charge in [-0.05, 0) is 48.8 Å². The first-order valence-electron chi connectivity index (χ1n) is 10.8. The number of carbonyl (C=O) groups is 3. The lowest BCUT2D eigenvalue weighted by Gasteiger charge is -2.28. The summed E-state index contributed by atoms with van der Waals surface area (Å²) < 4.78 is 5.97. The lowest BCUT2D eigenvalue weighted by molar-refractivity contribution is -0.140. The van der Waals surface area contributed by atoms with Crippen LogP contribution in [0.5, 0.6) is 5.75 Å². The van der Waals surface area contributed by atoms with Crippen molar-refractivity contribution in [1.29, 1.82) is 0 Å². The highest BCUT2D eigenvalue weighted by Crippen LogP contribution is 2.39. The van der Waals surface area contributed by atoms with Crippen molar-refractivity contribution in [2.45, 2.75) is 12.6 Å². The summed E-state index contributed by atoms with van der Waals surface area (Å²) in [4.78, 5) is 43.2. The molecule has 0 saturated carbocycles. The van der Waals surface area contributed by atoms with Crippen LogP contribution in [-0.4, -0.2) is 54.5 Å². The normalized spacial score (nSPS) is 18.2. The van der Waals surface area contributed by atoms with E-state index in [9.17, 15) is 14.4 Å². The number of hydrogen-bond acceptors (Lipinski definition) is 6. The predicted molar refractivity (Wildman–Crippen MR) is 127 cm³/mol. The quantitative estimate of drug-likeness (QED) is 0.275. The number of nitrogens with zero attached hydrogens (tertiary/aromatic N) is 2. The summed E-state index contributed by atoms with van der Waals surface area (Å²) in [7, 11) is 3.81. The second kappa shape index (κ2) is 10.1. The number of likely N-dealkylation sites (N-methyl/N-ethyl adjacent to an activating group) is 1. The van der Waals surface area contributed by atoms with Gasteiger partial charge in [0.25, 0.3) is 5.91 Å². The molecule has 6 nitrogen and oxygen atoms in total. The maximum Gasteiger partial charge on any atom is 0.291 e. The van der Waals surface area contributed by atoms with Crippen molar-refractivity contribution >= 4 is 28.8 Å². The Bertz CT molecular complexity index is 1130. The third-order valence-electron chi connectivity index (χ3n) is 5.69. The molecule has 1 fully saturated rings. The minimum absolute atomic E-state index is 0.309. The molecule has 3 aromatic rings. The van der Waals surface area contributed by atoms with Crippen molar-refractivity contribution in [1.82, 2.24) is 9.80 Å². The summed E-state index contributed by atoms with van der Waals surface area (Å²) in [5.41, 5.74) is 1.75. The van der Waals surface area contributed by atoms with E-state index in [4.69, 9.17) is 4.74 Å². The average molecular weight is 463 g/mol. The van der Waals surface area contributed by atoms with Crippen LogP contribution < -0.4 is 4.74 Å². The van der Waals surface area contributed by atoms with Crippen LogP contribution in [0.4, 0.5) is 0 Å². The van der Waals surface area contributed by atoms with Gasteiger partial charge >= 0.3 is 0 Å². The first-order chi connectivity index (χ1) is 16.0. The lowest BCUT2D eigenvalue weighted by Crippen LogP contribution is -2.36. The molecule has 0 spiro atoms. The van der Waals surface area contributed by atoms with Gasteiger partial charge in [0.1, 0.15) is 18.3 Å². The number of ether oxygens (including phenoxy) is 1. The molecule has 1 amide bonds. The van der Waals surface area contributed by atoms with Gasteiger partial charge in [0.15, 0.2) is 5.78 Å². The summed E-state index contributed by atoms with van der Waals surface area (Å²) in [5, 5.41) is 1.80. The Kier molecular flexibility index (Phi) is 7.01. The van der Waals surface area contributed by atoms with Crippen LogP contribution in [0.2, 0.25) is 0 Å². The molecule has 1 aliphatic heterocycles. The zero-order chi connectivity index (χ0) is 23.4. The van der Waals surface area contributed by atoms with E-state index < -0.39 is 23.7 Å². The highest BCUT2D eigenvalue weighted by atomic mass is 32.1. The van der Waals surface area contributed by atoms with Crippen LogP contribution in [0, 0.1) is 5.92 Å². The highest BCUT2D eigenvalue weighted by molar-refractivity contribution is 7.12. The number of thiophene rings is 1. The Hall–Kier alpha value is -3.29. The van der Waals surface area contributed by atoms with Crippen LogP contribution in [-0.2, 0) is 16.2 Å². The molecule has 0 radical (unpaired) electrons. The number of Topliss-reactive ketones (excluding diaryl/α,β-unsaturated/α-hetero) is 2. The number of ketones is 2. The molecule has 2 atom stereocenters. The van der Waals surface area contributed by atoms with Gasteiger partial charge in [0.2, 0.25) is 5.78 Å². The molecule has 7 heteroatoms. The van der Waals surface area contributed by atoms with Crippen molar-refractivity contribution < 1.29 is 19.1 Å². The molecule has 2 aromatic carbocycles. The van der Waals surface area contributed by atoms with Crippen molar-refractivity contribution in [2.75, 3.05) is 27.2 Å². The molecule has 4 rings (SSSR count).